The lowest BCUT2D eigenvalue weighted by Gasteiger charge is -2.35. The van der Waals surface area contributed by atoms with E-state index < -0.39 is 0 Å². The second-order valence-electron chi connectivity index (χ2n) is 7.98. The Balaban J connectivity index is 1.70. The third kappa shape index (κ3) is 4.28. The SMILES string of the molecule is CC(C)CCOc1ccc(C2C(C)NC(=O)N2C2CCCCC2)cc1. The van der Waals surface area contributed by atoms with E-state index in [1.165, 1.54) is 24.8 Å². The number of carbonyl (C=O) groups excluding carboxylic acids is 1. The minimum absolute atomic E-state index is 0.0988. The van der Waals surface area contributed by atoms with Crippen LogP contribution in [0.5, 0.6) is 5.75 Å². The Bertz CT molecular complexity index is 564. The van der Waals surface area contributed by atoms with Crippen molar-refractivity contribution in [2.24, 2.45) is 5.92 Å². The molecule has 1 aliphatic heterocycles. The molecular formula is C21H32N2O2. The van der Waals surface area contributed by atoms with Crippen LogP contribution in [-0.2, 0) is 0 Å². The van der Waals surface area contributed by atoms with Crippen molar-refractivity contribution >= 4 is 6.03 Å². The standard InChI is InChI=1S/C21H32N2O2/c1-15(2)13-14-25-19-11-9-17(10-12-19)20-16(3)22-21(24)23(20)18-7-5-4-6-8-18/h9-12,15-16,18,20H,4-8,13-14H2,1-3H3,(H,22,24). The Morgan fingerprint density at radius 1 is 1.16 bits per heavy atom. The third-order valence-electron chi connectivity index (χ3n) is 5.51. The molecule has 1 aromatic rings. The first kappa shape index (κ1) is 18.1. The van der Waals surface area contributed by atoms with E-state index in [1.807, 2.05) is 12.1 Å². The summed E-state index contributed by atoms with van der Waals surface area (Å²) in [5.41, 5.74) is 1.20. The van der Waals surface area contributed by atoms with Crippen molar-refractivity contribution < 1.29 is 9.53 Å². The molecule has 1 N–H and O–H groups in total. The van der Waals surface area contributed by atoms with Gasteiger partial charge in [0.2, 0.25) is 0 Å². The van der Waals surface area contributed by atoms with Gasteiger partial charge >= 0.3 is 6.03 Å². The second kappa shape index (κ2) is 8.11. The van der Waals surface area contributed by atoms with Gasteiger partial charge < -0.3 is 15.0 Å². The van der Waals surface area contributed by atoms with E-state index in [-0.39, 0.29) is 18.1 Å². The van der Waals surface area contributed by atoms with Crippen molar-refractivity contribution in [2.45, 2.75) is 77.4 Å². The molecule has 138 valence electrons. The average molecular weight is 344 g/mol. The summed E-state index contributed by atoms with van der Waals surface area (Å²) in [6.45, 7) is 7.28. The lowest BCUT2D eigenvalue weighted by Crippen LogP contribution is -2.40. The first-order chi connectivity index (χ1) is 12.1. The van der Waals surface area contributed by atoms with Gasteiger partial charge in [-0.25, -0.2) is 4.79 Å². The van der Waals surface area contributed by atoms with Crippen LogP contribution < -0.4 is 10.1 Å². The highest BCUT2D eigenvalue weighted by Crippen LogP contribution is 2.36. The Hall–Kier alpha value is -1.71. The highest BCUT2D eigenvalue weighted by Gasteiger charge is 2.41. The van der Waals surface area contributed by atoms with E-state index in [9.17, 15) is 4.79 Å². The molecule has 4 nitrogen and oxygen atoms in total. The van der Waals surface area contributed by atoms with Crippen molar-refractivity contribution in [3.05, 3.63) is 29.8 Å². The van der Waals surface area contributed by atoms with E-state index in [2.05, 4.69) is 43.1 Å². The Morgan fingerprint density at radius 2 is 1.84 bits per heavy atom. The summed E-state index contributed by atoms with van der Waals surface area (Å²) in [6, 6.07) is 9.09. The number of hydrogen-bond donors (Lipinski definition) is 1. The molecule has 0 spiro atoms. The van der Waals surface area contributed by atoms with Gasteiger partial charge in [-0.05, 0) is 49.8 Å². The van der Waals surface area contributed by atoms with Crippen molar-refractivity contribution in [1.82, 2.24) is 10.2 Å². The van der Waals surface area contributed by atoms with E-state index in [0.717, 1.165) is 31.6 Å². The van der Waals surface area contributed by atoms with Crippen LogP contribution in [0.15, 0.2) is 24.3 Å². The van der Waals surface area contributed by atoms with E-state index in [0.29, 0.717) is 12.0 Å². The monoisotopic (exact) mass is 344 g/mol. The number of carbonyl (C=O) groups is 1. The van der Waals surface area contributed by atoms with Gasteiger partial charge in [-0.2, -0.15) is 0 Å². The van der Waals surface area contributed by atoms with Gasteiger partial charge in [-0.15, -0.1) is 0 Å². The van der Waals surface area contributed by atoms with Crippen molar-refractivity contribution in [2.75, 3.05) is 6.61 Å². The molecule has 1 heterocycles. The van der Waals surface area contributed by atoms with Gasteiger partial charge in [0.1, 0.15) is 5.75 Å². The van der Waals surface area contributed by atoms with Crippen LogP contribution in [0.3, 0.4) is 0 Å². The zero-order chi connectivity index (χ0) is 17.8. The smallest absolute Gasteiger partial charge is 0.318 e. The van der Waals surface area contributed by atoms with Crippen LogP contribution in [0.1, 0.15) is 70.9 Å². The lowest BCUT2D eigenvalue weighted by molar-refractivity contribution is 0.149. The number of nitrogens with zero attached hydrogens (tertiary/aromatic N) is 1. The van der Waals surface area contributed by atoms with Gasteiger partial charge in [-0.3, -0.25) is 0 Å². The summed E-state index contributed by atoms with van der Waals surface area (Å²) in [5.74, 6) is 1.57. The lowest BCUT2D eigenvalue weighted by atomic mass is 9.91. The first-order valence-corrected chi connectivity index (χ1v) is 9.88. The maximum Gasteiger partial charge on any atom is 0.318 e. The van der Waals surface area contributed by atoms with Gasteiger partial charge in [0, 0.05) is 6.04 Å². The number of nitrogens with one attached hydrogen (secondary N) is 1. The van der Waals surface area contributed by atoms with Crippen LogP contribution in [0, 0.1) is 5.92 Å². The largest absolute Gasteiger partial charge is 0.494 e. The predicted octanol–water partition coefficient (Wildman–Crippen LogP) is 4.90. The third-order valence-corrected chi connectivity index (χ3v) is 5.51. The minimum Gasteiger partial charge on any atom is -0.494 e. The van der Waals surface area contributed by atoms with E-state index >= 15 is 0 Å². The number of hydrogen-bond acceptors (Lipinski definition) is 2. The molecule has 1 saturated heterocycles. The van der Waals surface area contributed by atoms with Crippen LogP contribution in [0.2, 0.25) is 0 Å². The molecule has 2 amide bonds. The van der Waals surface area contributed by atoms with Crippen LogP contribution >= 0.6 is 0 Å². The zero-order valence-corrected chi connectivity index (χ0v) is 15.8. The fourth-order valence-corrected chi connectivity index (χ4v) is 4.09. The van der Waals surface area contributed by atoms with Crippen molar-refractivity contribution in [1.29, 1.82) is 0 Å². The normalized spacial score (nSPS) is 24.6. The Morgan fingerprint density at radius 3 is 2.48 bits per heavy atom. The predicted molar refractivity (Wildman–Crippen MR) is 101 cm³/mol. The molecule has 4 heteroatoms. The Kier molecular flexibility index (Phi) is 5.87. The molecule has 1 aliphatic carbocycles. The molecule has 2 unspecified atom stereocenters. The molecule has 1 saturated carbocycles. The fraction of sp³-hybridized carbons (Fsp3) is 0.667. The zero-order valence-electron chi connectivity index (χ0n) is 15.8. The summed E-state index contributed by atoms with van der Waals surface area (Å²) in [7, 11) is 0. The second-order valence-corrected chi connectivity index (χ2v) is 7.98. The van der Waals surface area contributed by atoms with Crippen molar-refractivity contribution in [3.63, 3.8) is 0 Å². The molecule has 2 atom stereocenters. The van der Waals surface area contributed by atoms with E-state index in [4.69, 9.17) is 4.74 Å². The number of amides is 2. The maximum absolute atomic E-state index is 12.5. The molecule has 2 aliphatic rings. The maximum atomic E-state index is 12.5. The summed E-state index contributed by atoms with van der Waals surface area (Å²) in [6.07, 6.45) is 7.10. The number of benzene rings is 1. The molecule has 0 radical (unpaired) electrons. The molecule has 3 rings (SSSR count). The fourth-order valence-electron chi connectivity index (χ4n) is 4.09. The molecule has 0 aromatic heterocycles. The quantitative estimate of drug-likeness (QED) is 0.797. The highest BCUT2D eigenvalue weighted by atomic mass is 16.5. The number of urea groups is 1. The molecular weight excluding hydrogens is 312 g/mol. The minimum atomic E-state index is 0.0988. The van der Waals surface area contributed by atoms with Crippen LogP contribution in [0.25, 0.3) is 0 Å². The van der Waals surface area contributed by atoms with Crippen molar-refractivity contribution in [3.8, 4) is 5.75 Å². The Labute approximate surface area is 151 Å². The summed E-state index contributed by atoms with van der Waals surface area (Å²) in [5, 5.41) is 3.13. The number of rotatable bonds is 6. The number of ether oxygens (including phenoxy) is 1. The van der Waals surface area contributed by atoms with Crippen LogP contribution in [0.4, 0.5) is 4.79 Å². The van der Waals surface area contributed by atoms with Gasteiger partial charge in [0.15, 0.2) is 0 Å². The molecule has 1 aromatic carbocycles. The van der Waals surface area contributed by atoms with Gasteiger partial charge in [0.05, 0.1) is 18.7 Å². The summed E-state index contributed by atoms with van der Waals surface area (Å²) in [4.78, 5) is 14.6. The molecule has 25 heavy (non-hydrogen) atoms. The molecule has 0 bridgehead atoms. The summed E-state index contributed by atoms with van der Waals surface area (Å²) < 4.78 is 5.83. The first-order valence-electron chi connectivity index (χ1n) is 9.88. The van der Waals surface area contributed by atoms with Crippen LogP contribution in [-0.4, -0.2) is 29.6 Å². The topological polar surface area (TPSA) is 41.6 Å². The van der Waals surface area contributed by atoms with Gasteiger partial charge in [0.25, 0.3) is 0 Å². The average Bonchev–Trinajstić information content (AvgIpc) is 2.90. The van der Waals surface area contributed by atoms with E-state index in [1.54, 1.807) is 0 Å². The molecule has 2 fully saturated rings. The summed E-state index contributed by atoms with van der Waals surface area (Å²) >= 11 is 0. The van der Waals surface area contributed by atoms with Gasteiger partial charge in [-0.1, -0.05) is 45.2 Å². The highest BCUT2D eigenvalue weighted by molar-refractivity contribution is 5.78.